The zero-order chi connectivity index (χ0) is 30.5. The summed E-state index contributed by atoms with van der Waals surface area (Å²) >= 11 is 0. The summed E-state index contributed by atoms with van der Waals surface area (Å²) in [6.45, 7) is 0. The summed E-state index contributed by atoms with van der Waals surface area (Å²) in [6.07, 6.45) is 0.401. The van der Waals surface area contributed by atoms with Crippen molar-refractivity contribution in [2.45, 2.75) is 62.1 Å². The number of hydrogen-bond acceptors (Lipinski definition) is 5. The van der Waals surface area contributed by atoms with Crippen LogP contribution in [0.2, 0.25) is 0 Å². The molecule has 0 bridgehead atoms. The third-order valence-corrected chi connectivity index (χ3v) is 8.35. The minimum Gasteiger partial charge on any atom is -0.351 e. The van der Waals surface area contributed by atoms with Crippen LogP contribution in [0.25, 0.3) is 0 Å². The van der Waals surface area contributed by atoms with Crippen LogP contribution in [0, 0.1) is 23.0 Å². The van der Waals surface area contributed by atoms with Gasteiger partial charge < -0.3 is 5.32 Å². The van der Waals surface area contributed by atoms with E-state index in [1.165, 1.54) is 18.3 Å². The molecular formula is C31H25F4N5O3. The molecule has 2 aliphatic carbocycles. The largest absolute Gasteiger partial charge is 0.351 e. The lowest BCUT2D eigenvalue weighted by Gasteiger charge is -2.45. The molecular weight excluding hydrogens is 566 g/mol. The molecule has 43 heavy (non-hydrogen) atoms. The van der Waals surface area contributed by atoms with Gasteiger partial charge in [0.05, 0.1) is 17.3 Å². The fraction of sp³-hybridized carbons (Fsp3) is 0.323. The highest BCUT2D eigenvalue weighted by Crippen LogP contribution is 2.47. The van der Waals surface area contributed by atoms with E-state index in [0.29, 0.717) is 23.6 Å². The maximum absolute atomic E-state index is 14.7. The van der Waals surface area contributed by atoms with E-state index in [0.717, 1.165) is 21.9 Å². The third kappa shape index (κ3) is 4.88. The predicted octanol–water partition coefficient (Wildman–Crippen LogP) is 4.52. The van der Waals surface area contributed by atoms with E-state index in [4.69, 9.17) is 0 Å². The molecule has 2 aromatic carbocycles. The van der Waals surface area contributed by atoms with Crippen molar-refractivity contribution >= 4 is 29.2 Å². The lowest BCUT2D eigenvalue weighted by Crippen LogP contribution is -2.64. The molecule has 220 valence electrons. The third-order valence-electron chi connectivity index (χ3n) is 8.35. The number of fused-ring (bicyclic) bond motifs is 1. The summed E-state index contributed by atoms with van der Waals surface area (Å²) in [5.74, 6) is -6.95. The first-order chi connectivity index (χ1) is 20.5. The zero-order valence-electron chi connectivity index (χ0n) is 22.7. The maximum atomic E-state index is 14.7. The molecule has 1 saturated heterocycles. The molecule has 0 spiro atoms. The number of benzene rings is 2. The van der Waals surface area contributed by atoms with Crippen LogP contribution in [0.3, 0.4) is 0 Å². The van der Waals surface area contributed by atoms with E-state index >= 15 is 0 Å². The van der Waals surface area contributed by atoms with Crippen molar-refractivity contribution in [3.05, 3.63) is 89.1 Å². The summed E-state index contributed by atoms with van der Waals surface area (Å²) in [7, 11) is 0. The lowest BCUT2D eigenvalue weighted by molar-refractivity contribution is -0.137. The molecule has 3 aliphatic rings. The first kappa shape index (κ1) is 28.3. The zero-order valence-corrected chi connectivity index (χ0v) is 22.7. The highest BCUT2D eigenvalue weighted by Gasteiger charge is 2.57. The molecule has 2 fully saturated rings. The van der Waals surface area contributed by atoms with Gasteiger partial charge in [-0.15, -0.1) is 0 Å². The van der Waals surface area contributed by atoms with Crippen molar-refractivity contribution in [1.82, 2.24) is 10.3 Å². The number of rotatable bonds is 6. The molecule has 3 aromatic rings. The Morgan fingerprint density at radius 1 is 1.05 bits per heavy atom. The van der Waals surface area contributed by atoms with Gasteiger partial charge in [-0.05, 0) is 54.7 Å². The van der Waals surface area contributed by atoms with E-state index in [9.17, 15) is 37.2 Å². The number of aryl methyl sites for hydroxylation is 1. The van der Waals surface area contributed by atoms with E-state index < -0.39 is 65.7 Å². The monoisotopic (exact) mass is 591 g/mol. The molecule has 2 atom stereocenters. The predicted molar refractivity (Wildman–Crippen MR) is 146 cm³/mol. The highest BCUT2D eigenvalue weighted by molar-refractivity contribution is 6.12. The van der Waals surface area contributed by atoms with Crippen LogP contribution in [0.5, 0.6) is 0 Å². The minimum absolute atomic E-state index is 0.00137. The summed E-state index contributed by atoms with van der Waals surface area (Å²) in [4.78, 5) is 48.4. The number of amides is 3. The Kier molecular flexibility index (Phi) is 6.91. The molecule has 1 N–H and O–H groups in total. The van der Waals surface area contributed by atoms with Crippen LogP contribution in [0.15, 0.2) is 60.8 Å². The number of hydrogen-bond donors (Lipinski definition) is 1. The Bertz CT molecular complexity index is 1660. The maximum Gasteiger partial charge on any atom is 0.252 e. The van der Waals surface area contributed by atoms with Crippen molar-refractivity contribution in [3.8, 4) is 6.07 Å². The number of carbonyl (C=O) groups is 3. The molecule has 6 rings (SSSR count). The van der Waals surface area contributed by atoms with Gasteiger partial charge in [0.2, 0.25) is 5.91 Å². The molecule has 8 nitrogen and oxygen atoms in total. The standard InChI is InChI=1S/C31H25F4N5O3/c32-20-12-21(33)14-23(13-20)40(28(42)25-5-6-27(41)39(25)26-11-18(17-36)8-10-37-26)31(9-7-19-3-1-2-4-24(19)31)29(43)38-22-15-30(34,35)16-22/h1-4,8,10-14,22,25H,5-7,9,15-16H2,(H,38,43)/t25-,31+/m1/s1. The number of carbonyl (C=O) groups excluding carboxylic acids is 3. The second-order valence-corrected chi connectivity index (χ2v) is 11.1. The van der Waals surface area contributed by atoms with Gasteiger partial charge in [0.1, 0.15) is 23.5 Å². The average Bonchev–Trinajstić information content (AvgIpc) is 3.53. The van der Waals surface area contributed by atoms with E-state index in [-0.39, 0.29) is 36.3 Å². The Morgan fingerprint density at radius 2 is 1.77 bits per heavy atom. The van der Waals surface area contributed by atoms with E-state index in [1.807, 2.05) is 6.07 Å². The lowest BCUT2D eigenvalue weighted by atomic mass is 9.83. The van der Waals surface area contributed by atoms with Gasteiger partial charge in [-0.25, -0.2) is 22.5 Å². The number of halogens is 4. The van der Waals surface area contributed by atoms with Crippen LogP contribution in [0.1, 0.15) is 48.8 Å². The first-order valence-corrected chi connectivity index (χ1v) is 13.8. The molecule has 12 heteroatoms. The van der Waals surface area contributed by atoms with Gasteiger partial charge in [0.15, 0.2) is 5.54 Å². The van der Waals surface area contributed by atoms with Crippen LogP contribution < -0.4 is 15.1 Å². The van der Waals surface area contributed by atoms with Crippen molar-refractivity contribution < 1.29 is 31.9 Å². The fourth-order valence-corrected chi connectivity index (χ4v) is 6.41. The molecule has 0 radical (unpaired) electrons. The Morgan fingerprint density at radius 3 is 2.47 bits per heavy atom. The van der Waals surface area contributed by atoms with Crippen LogP contribution in [-0.2, 0) is 26.3 Å². The second kappa shape index (κ2) is 10.5. The van der Waals surface area contributed by atoms with Gasteiger partial charge in [0, 0.05) is 37.6 Å². The summed E-state index contributed by atoms with van der Waals surface area (Å²) < 4.78 is 56.9. The molecule has 1 aliphatic heterocycles. The molecule has 1 aromatic heterocycles. The molecule has 1 saturated carbocycles. The molecule has 3 amide bonds. The topological polar surface area (TPSA) is 106 Å². The van der Waals surface area contributed by atoms with Gasteiger partial charge in [-0.3, -0.25) is 24.2 Å². The summed E-state index contributed by atoms with van der Waals surface area (Å²) in [5.41, 5.74) is -0.867. The normalized spacial score (nSPS) is 22.4. The van der Waals surface area contributed by atoms with Crippen LogP contribution in [-0.4, -0.2) is 40.7 Å². The van der Waals surface area contributed by atoms with Crippen molar-refractivity contribution in [2.75, 3.05) is 9.80 Å². The number of alkyl halides is 2. The van der Waals surface area contributed by atoms with Gasteiger partial charge in [0.25, 0.3) is 17.7 Å². The van der Waals surface area contributed by atoms with Gasteiger partial charge in [-0.2, -0.15) is 5.26 Å². The average molecular weight is 592 g/mol. The molecule has 2 heterocycles. The highest BCUT2D eigenvalue weighted by atomic mass is 19.3. The van der Waals surface area contributed by atoms with Crippen molar-refractivity contribution in [1.29, 1.82) is 5.26 Å². The Hall–Kier alpha value is -4.79. The number of nitriles is 1. The quantitative estimate of drug-likeness (QED) is 0.425. The number of anilines is 2. The second-order valence-electron chi connectivity index (χ2n) is 11.1. The van der Waals surface area contributed by atoms with Gasteiger partial charge >= 0.3 is 0 Å². The van der Waals surface area contributed by atoms with Crippen molar-refractivity contribution in [2.24, 2.45) is 0 Å². The molecule has 0 unspecified atom stereocenters. The Labute approximate surface area is 243 Å². The number of aromatic nitrogens is 1. The first-order valence-electron chi connectivity index (χ1n) is 13.8. The van der Waals surface area contributed by atoms with E-state index in [1.54, 1.807) is 24.3 Å². The number of nitrogens with zero attached hydrogens (tertiary/aromatic N) is 4. The summed E-state index contributed by atoms with van der Waals surface area (Å²) in [5, 5.41) is 12.0. The number of nitrogens with one attached hydrogen (secondary N) is 1. The van der Waals surface area contributed by atoms with E-state index in [2.05, 4.69) is 10.3 Å². The minimum atomic E-state index is -2.93. The summed E-state index contributed by atoms with van der Waals surface area (Å²) in [6, 6.07) is 11.9. The van der Waals surface area contributed by atoms with Gasteiger partial charge in [-0.1, -0.05) is 24.3 Å². The fourth-order valence-electron chi connectivity index (χ4n) is 6.41. The van der Waals surface area contributed by atoms with Crippen LogP contribution >= 0.6 is 0 Å². The van der Waals surface area contributed by atoms with Crippen LogP contribution in [0.4, 0.5) is 29.1 Å². The number of pyridine rings is 1. The SMILES string of the molecule is N#Cc1ccnc(N2C(=O)CC[C@@H]2C(=O)N(c2cc(F)cc(F)c2)[C@@]2(C(=O)NC3CC(F)(F)C3)CCc3ccccc32)c1. The smallest absolute Gasteiger partial charge is 0.252 e. The van der Waals surface area contributed by atoms with Crippen molar-refractivity contribution in [3.63, 3.8) is 0 Å². The Balaban J connectivity index is 1.51.